The Balaban J connectivity index is 4.57. The van der Waals surface area contributed by atoms with Crippen molar-refractivity contribution in [3.8, 4) is 0 Å². The van der Waals surface area contributed by atoms with Crippen molar-refractivity contribution in [3.05, 3.63) is 0 Å². The molecule has 0 aromatic rings. The summed E-state index contributed by atoms with van der Waals surface area (Å²) in [6, 6.07) is -0.225. The van der Waals surface area contributed by atoms with Gasteiger partial charge in [0.25, 0.3) is 10.2 Å². The first-order valence-electron chi connectivity index (χ1n) is 5.57. The molecule has 0 bridgehead atoms. The van der Waals surface area contributed by atoms with Crippen molar-refractivity contribution < 1.29 is 18.4 Å². The highest BCUT2D eigenvalue weighted by molar-refractivity contribution is 7.87. The summed E-state index contributed by atoms with van der Waals surface area (Å²) in [5.74, 6) is -0.00672. The molecule has 0 saturated carbocycles. The lowest BCUT2D eigenvalue weighted by atomic mass is 10.3. The molecule has 9 heteroatoms. The third-order valence-corrected chi connectivity index (χ3v) is 3.98. The van der Waals surface area contributed by atoms with Crippen LogP contribution in [0.2, 0.25) is 0 Å². The van der Waals surface area contributed by atoms with Crippen LogP contribution in [0.1, 0.15) is 20.3 Å². The van der Waals surface area contributed by atoms with Crippen LogP contribution in [0.15, 0.2) is 5.16 Å². The molecule has 0 atom stereocenters. The second kappa shape index (κ2) is 8.25. The van der Waals surface area contributed by atoms with Crippen LogP contribution in [0.25, 0.3) is 0 Å². The van der Waals surface area contributed by atoms with Gasteiger partial charge in [-0.05, 0) is 13.8 Å². The Kier molecular flexibility index (Phi) is 7.83. The Morgan fingerprint density at radius 1 is 1.56 bits per heavy atom. The zero-order valence-electron chi connectivity index (χ0n) is 11.0. The lowest BCUT2D eigenvalue weighted by Gasteiger charge is -2.25. The van der Waals surface area contributed by atoms with Gasteiger partial charge in [-0.2, -0.15) is 17.4 Å². The van der Waals surface area contributed by atoms with E-state index < -0.39 is 10.2 Å². The minimum absolute atomic E-state index is 0.00672. The average Bonchev–Trinajstić information content (AvgIpc) is 2.28. The monoisotopic (exact) mass is 282 g/mol. The van der Waals surface area contributed by atoms with Gasteiger partial charge < -0.3 is 15.7 Å². The number of hydrogen-bond donors (Lipinski definition) is 3. The summed E-state index contributed by atoms with van der Waals surface area (Å²) in [6.45, 7) is 4.15. The van der Waals surface area contributed by atoms with Crippen molar-refractivity contribution in [2.45, 2.75) is 26.3 Å². The maximum Gasteiger partial charge on any atom is 0.279 e. The molecule has 0 aliphatic rings. The highest BCUT2D eigenvalue weighted by atomic mass is 32.2. The van der Waals surface area contributed by atoms with E-state index in [9.17, 15) is 8.42 Å². The Morgan fingerprint density at radius 2 is 2.17 bits per heavy atom. The second-order valence-electron chi connectivity index (χ2n) is 3.94. The highest BCUT2D eigenvalue weighted by Gasteiger charge is 2.24. The molecule has 0 saturated heterocycles. The summed E-state index contributed by atoms with van der Waals surface area (Å²) < 4.78 is 32.4. The van der Waals surface area contributed by atoms with Crippen LogP contribution in [0.4, 0.5) is 0 Å². The van der Waals surface area contributed by atoms with Crippen molar-refractivity contribution in [1.82, 2.24) is 9.03 Å². The number of methoxy groups -OCH3 is 1. The molecular weight excluding hydrogens is 260 g/mol. The van der Waals surface area contributed by atoms with E-state index in [2.05, 4.69) is 9.88 Å². The number of oxime groups is 1. The molecule has 108 valence electrons. The Hall–Kier alpha value is -0.900. The molecule has 0 rings (SSSR count). The molecule has 0 aliphatic carbocycles. The van der Waals surface area contributed by atoms with Crippen molar-refractivity contribution in [2.24, 2.45) is 10.9 Å². The molecule has 8 nitrogen and oxygen atoms in total. The van der Waals surface area contributed by atoms with Gasteiger partial charge in [0.05, 0.1) is 6.61 Å². The van der Waals surface area contributed by atoms with Gasteiger partial charge in [-0.1, -0.05) is 5.16 Å². The van der Waals surface area contributed by atoms with Gasteiger partial charge in [0.15, 0.2) is 0 Å². The quantitative estimate of drug-likeness (QED) is 0.170. The van der Waals surface area contributed by atoms with Crippen LogP contribution in [0, 0.1) is 0 Å². The third kappa shape index (κ3) is 6.15. The van der Waals surface area contributed by atoms with Crippen molar-refractivity contribution in [3.63, 3.8) is 0 Å². The van der Waals surface area contributed by atoms with Gasteiger partial charge in [0, 0.05) is 32.7 Å². The average molecular weight is 282 g/mol. The predicted molar refractivity (Wildman–Crippen MR) is 68.7 cm³/mol. The summed E-state index contributed by atoms with van der Waals surface area (Å²) in [5, 5.41) is 11.2. The van der Waals surface area contributed by atoms with Gasteiger partial charge in [-0.15, -0.1) is 0 Å². The standard InChI is InChI=1S/C9H22N4O4S/c1-8(2)13(6-4-9(10)12-14)18(15,16)11-5-7-17-3/h8,11,14H,4-7H2,1-3H3,(H2,10,12). The fraction of sp³-hybridized carbons (Fsp3) is 0.889. The maximum atomic E-state index is 12.0. The highest BCUT2D eigenvalue weighted by Crippen LogP contribution is 2.06. The van der Waals surface area contributed by atoms with E-state index in [1.165, 1.54) is 11.4 Å². The molecule has 0 spiro atoms. The molecule has 0 unspecified atom stereocenters. The minimum atomic E-state index is -3.59. The van der Waals surface area contributed by atoms with Crippen LogP contribution in [0.5, 0.6) is 0 Å². The molecule has 18 heavy (non-hydrogen) atoms. The maximum absolute atomic E-state index is 12.0. The molecule has 0 radical (unpaired) electrons. The molecular formula is C9H22N4O4S. The van der Waals surface area contributed by atoms with Crippen LogP contribution in [-0.2, 0) is 14.9 Å². The van der Waals surface area contributed by atoms with Gasteiger partial charge in [0.2, 0.25) is 0 Å². The van der Waals surface area contributed by atoms with Crippen LogP contribution in [0.3, 0.4) is 0 Å². The molecule has 0 aliphatic heterocycles. The van der Waals surface area contributed by atoms with E-state index in [0.29, 0.717) is 6.61 Å². The first-order chi connectivity index (χ1) is 8.35. The lowest BCUT2D eigenvalue weighted by molar-refractivity contribution is 0.203. The zero-order valence-corrected chi connectivity index (χ0v) is 11.8. The van der Waals surface area contributed by atoms with E-state index in [4.69, 9.17) is 15.7 Å². The number of nitrogens with one attached hydrogen (secondary N) is 1. The van der Waals surface area contributed by atoms with E-state index >= 15 is 0 Å². The molecule has 0 aromatic carbocycles. The van der Waals surface area contributed by atoms with Crippen LogP contribution < -0.4 is 10.5 Å². The molecule has 0 heterocycles. The van der Waals surface area contributed by atoms with Crippen molar-refractivity contribution in [1.29, 1.82) is 0 Å². The zero-order chi connectivity index (χ0) is 14.2. The third-order valence-electron chi connectivity index (χ3n) is 2.19. The summed E-state index contributed by atoms with van der Waals surface area (Å²) in [7, 11) is -2.09. The predicted octanol–water partition coefficient (Wildman–Crippen LogP) is -0.686. The SMILES string of the molecule is COCCNS(=O)(=O)N(CCC(N)=NO)C(C)C. The fourth-order valence-corrected chi connectivity index (χ4v) is 2.68. The Bertz CT molecular complexity index is 356. The molecule has 0 aromatic heterocycles. The number of nitrogens with zero attached hydrogens (tertiary/aromatic N) is 2. The number of nitrogens with two attached hydrogens (primary N) is 1. The lowest BCUT2D eigenvalue weighted by Crippen LogP contribution is -2.46. The van der Waals surface area contributed by atoms with Gasteiger partial charge >= 0.3 is 0 Å². The number of amidine groups is 1. The van der Waals surface area contributed by atoms with E-state index in [1.807, 2.05) is 0 Å². The number of rotatable bonds is 9. The Morgan fingerprint density at radius 3 is 2.61 bits per heavy atom. The van der Waals surface area contributed by atoms with Crippen LogP contribution in [-0.4, -0.2) is 56.6 Å². The number of hydrogen-bond acceptors (Lipinski definition) is 5. The summed E-state index contributed by atoms with van der Waals surface area (Å²) in [4.78, 5) is 0. The topological polar surface area (TPSA) is 117 Å². The van der Waals surface area contributed by atoms with Gasteiger partial charge in [-0.25, -0.2) is 0 Å². The number of ether oxygens (including phenoxy) is 1. The van der Waals surface area contributed by atoms with E-state index in [0.717, 1.165) is 0 Å². The largest absolute Gasteiger partial charge is 0.409 e. The van der Waals surface area contributed by atoms with E-state index in [1.54, 1.807) is 13.8 Å². The van der Waals surface area contributed by atoms with Crippen molar-refractivity contribution in [2.75, 3.05) is 26.8 Å². The smallest absolute Gasteiger partial charge is 0.279 e. The van der Waals surface area contributed by atoms with Crippen LogP contribution >= 0.6 is 0 Å². The Labute approximate surface area is 108 Å². The molecule has 0 amide bonds. The first-order valence-corrected chi connectivity index (χ1v) is 7.01. The fourth-order valence-electron chi connectivity index (χ4n) is 1.29. The van der Waals surface area contributed by atoms with E-state index in [-0.39, 0.29) is 31.4 Å². The molecule has 4 N–H and O–H groups in total. The molecule has 0 fully saturated rings. The minimum Gasteiger partial charge on any atom is -0.409 e. The van der Waals surface area contributed by atoms with Gasteiger partial charge in [0.1, 0.15) is 5.84 Å². The summed E-state index contributed by atoms with van der Waals surface area (Å²) >= 11 is 0. The normalized spacial score (nSPS) is 13.5. The summed E-state index contributed by atoms with van der Waals surface area (Å²) in [6.07, 6.45) is 0.167. The second-order valence-corrected chi connectivity index (χ2v) is 5.65. The van der Waals surface area contributed by atoms with Gasteiger partial charge in [-0.3, -0.25) is 0 Å². The summed E-state index contributed by atoms with van der Waals surface area (Å²) in [5.41, 5.74) is 5.32. The van der Waals surface area contributed by atoms with Crippen molar-refractivity contribution >= 4 is 16.0 Å². The first kappa shape index (κ1) is 17.1.